The van der Waals surface area contributed by atoms with E-state index in [1.165, 1.54) is 0 Å². The minimum absolute atomic E-state index is 0. The smallest absolute Gasteiger partial charge is 1.00 e. The van der Waals surface area contributed by atoms with E-state index in [4.69, 9.17) is 19.6 Å². The maximum atomic E-state index is 11.9. The first-order chi connectivity index (χ1) is 14.3. The van der Waals surface area contributed by atoms with Crippen molar-refractivity contribution in [1.82, 2.24) is 0 Å². The first-order valence-electron chi connectivity index (χ1n) is 7.39. The molecule has 12 N–H and O–H groups in total. The molecular formula is C6H18NaO22P5. The van der Waals surface area contributed by atoms with Gasteiger partial charge in [-0.25, -0.2) is 27.3 Å². The van der Waals surface area contributed by atoms with Gasteiger partial charge in [0, 0.05) is 0 Å². The van der Waals surface area contributed by atoms with Crippen molar-refractivity contribution in [2.24, 2.45) is 0 Å². The predicted molar refractivity (Wildman–Crippen MR) is 92.9 cm³/mol. The van der Waals surface area contributed by atoms with Crippen LogP contribution in [-0.4, -0.2) is 96.3 Å². The van der Waals surface area contributed by atoms with E-state index in [-0.39, 0.29) is 31.0 Å². The molecule has 34 heavy (non-hydrogen) atoms. The normalized spacial score (nSPS) is 37.4. The van der Waals surface area contributed by atoms with Gasteiger partial charge in [0.05, 0.1) is 0 Å². The van der Waals surface area contributed by atoms with Crippen molar-refractivity contribution in [2.45, 2.75) is 36.3 Å². The molecule has 1 aliphatic carbocycles. The molecule has 1 aliphatic rings. The Balaban J connectivity index is 0. The van der Waals surface area contributed by atoms with E-state index in [2.05, 4.69) is 21.8 Å². The second kappa shape index (κ2) is 11.7. The Hall–Kier alpha value is 1.47. The number of hydrogen-bond donors (Lipinski definition) is 12. The molecule has 0 aromatic rings. The summed E-state index contributed by atoms with van der Waals surface area (Å²) < 4.78 is 73.6. The van der Waals surface area contributed by atoms with Gasteiger partial charge >= 0.3 is 68.7 Å². The summed E-state index contributed by atoms with van der Waals surface area (Å²) in [4.78, 5) is 53.5. The SMILES string of the molecule is O=P(O)(O)OP(=O)(O)OP(=O)(O)OP(=O)(O)OP(=O)(O)OC1(O)[C@H](O)[C@H](O)C(O)[C@H](O)[C@H]1O.[H-].[Na+]. The van der Waals surface area contributed by atoms with E-state index in [1.54, 1.807) is 0 Å². The Morgan fingerprint density at radius 1 is 0.559 bits per heavy atom. The molecule has 0 radical (unpaired) electrons. The van der Waals surface area contributed by atoms with Crippen LogP contribution in [0, 0.1) is 0 Å². The summed E-state index contributed by atoms with van der Waals surface area (Å²) >= 11 is 0. The van der Waals surface area contributed by atoms with Crippen molar-refractivity contribution in [3.63, 3.8) is 0 Å². The maximum Gasteiger partial charge on any atom is 1.00 e. The van der Waals surface area contributed by atoms with Crippen LogP contribution in [0.5, 0.6) is 0 Å². The summed E-state index contributed by atoms with van der Waals surface area (Å²) in [6.07, 6.45) is -13.2. The molecule has 6 unspecified atom stereocenters. The van der Waals surface area contributed by atoms with E-state index in [0.29, 0.717) is 0 Å². The maximum absolute atomic E-state index is 11.9. The number of hydrogen-bond acceptors (Lipinski definition) is 16. The second-order valence-corrected chi connectivity index (χ2v) is 13.4. The average molecular weight is 620 g/mol. The third kappa shape index (κ3) is 9.98. The van der Waals surface area contributed by atoms with Crippen LogP contribution in [0.25, 0.3) is 0 Å². The van der Waals surface area contributed by atoms with Crippen molar-refractivity contribution in [3.8, 4) is 0 Å². The number of rotatable bonds is 10. The molecule has 0 heterocycles. The molecule has 0 amide bonds. The molecule has 0 saturated heterocycles. The standard InChI is InChI=1S/C6H17O22P5.Na.H/c7-1-2(8)4(10)6(12,5(11)3(1)9)24-30(16,17)26-32(20,21)28-33(22,23)27-31(18,19)25-29(13,14)15;;/h1-5,7-12H,(H,16,17)(H,18,19)(H,20,21)(H,22,23)(H2,13,14,15);;/q;+1;-1/t1?,2-,3+,4-,5-,6?;;/m1../s1. The minimum atomic E-state index is -6.46. The number of phosphoric ester groups is 1. The summed E-state index contributed by atoms with van der Waals surface area (Å²) in [6, 6.07) is 0. The van der Waals surface area contributed by atoms with Gasteiger partial charge in [-0.05, 0) is 0 Å². The zero-order chi connectivity index (χ0) is 26.4. The Morgan fingerprint density at radius 3 is 1.18 bits per heavy atom. The molecule has 0 aliphatic heterocycles. The predicted octanol–water partition coefficient (Wildman–Crippen LogP) is -6.81. The fourth-order valence-electron chi connectivity index (χ4n) is 2.12. The topological polar surface area (TPSA) is 374 Å². The van der Waals surface area contributed by atoms with Crippen LogP contribution in [0.2, 0.25) is 0 Å². The Kier molecular flexibility index (Phi) is 12.2. The molecule has 10 atom stereocenters. The number of aliphatic hydroxyl groups excluding tert-OH is 5. The molecule has 200 valence electrons. The zero-order valence-electron chi connectivity index (χ0n) is 17.1. The van der Waals surface area contributed by atoms with E-state index in [0.717, 1.165) is 0 Å². The molecule has 1 saturated carbocycles. The van der Waals surface area contributed by atoms with Crippen molar-refractivity contribution in [1.29, 1.82) is 0 Å². The van der Waals surface area contributed by atoms with Crippen LogP contribution in [0.4, 0.5) is 0 Å². The fourth-order valence-corrected chi connectivity index (χ4v) is 8.21. The molecule has 0 bridgehead atoms. The van der Waals surface area contributed by atoms with Gasteiger partial charge in [0.15, 0.2) is 0 Å². The Labute approximate surface area is 210 Å². The van der Waals surface area contributed by atoms with Crippen LogP contribution >= 0.6 is 39.1 Å². The van der Waals surface area contributed by atoms with Crippen molar-refractivity contribution in [2.75, 3.05) is 0 Å². The molecule has 0 spiro atoms. The van der Waals surface area contributed by atoms with Crippen LogP contribution in [-0.2, 0) is 44.6 Å². The average Bonchev–Trinajstić information content (AvgIpc) is 2.50. The summed E-state index contributed by atoms with van der Waals surface area (Å²) in [5.41, 5.74) is 0. The fraction of sp³-hybridized carbons (Fsp3) is 1.00. The first kappa shape index (κ1) is 35.5. The van der Waals surface area contributed by atoms with Crippen molar-refractivity contribution >= 4 is 39.1 Å². The van der Waals surface area contributed by atoms with Gasteiger partial charge in [0.25, 0.3) is 0 Å². The molecule has 28 heteroatoms. The molecule has 22 nitrogen and oxygen atoms in total. The summed E-state index contributed by atoms with van der Waals surface area (Å²) in [5, 5.41) is 57.7. The van der Waals surface area contributed by atoms with Crippen LogP contribution < -0.4 is 29.6 Å². The van der Waals surface area contributed by atoms with Gasteiger partial charge in [-0.2, -0.15) is 17.2 Å². The van der Waals surface area contributed by atoms with Gasteiger partial charge in [-0.1, -0.05) is 0 Å². The summed E-state index contributed by atoms with van der Waals surface area (Å²) in [6.45, 7) is 0. The quantitative estimate of drug-likeness (QED) is 0.0613. The number of aliphatic hydroxyl groups is 6. The van der Waals surface area contributed by atoms with Crippen LogP contribution in [0.1, 0.15) is 1.43 Å². The van der Waals surface area contributed by atoms with Gasteiger partial charge < -0.3 is 61.4 Å². The van der Waals surface area contributed by atoms with Crippen LogP contribution in [0.3, 0.4) is 0 Å². The van der Waals surface area contributed by atoms with Crippen molar-refractivity contribution < 1.29 is 136 Å². The third-order valence-electron chi connectivity index (χ3n) is 3.28. The molecule has 0 aromatic heterocycles. The zero-order valence-corrected chi connectivity index (χ0v) is 22.5. The summed E-state index contributed by atoms with van der Waals surface area (Å²) in [5.74, 6) is -3.90. The Morgan fingerprint density at radius 2 is 0.853 bits per heavy atom. The summed E-state index contributed by atoms with van der Waals surface area (Å²) in [7, 11) is -31.2. The Bertz CT molecular complexity index is 950. The van der Waals surface area contributed by atoms with E-state index in [9.17, 15) is 63.3 Å². The molecular weight excluding hydrogens is 602 g/mol. The van der Waals surface area contributed by atoms with Crippen LogP contribution in [0.15, 0.2) is 0 Å². The largest absolute Gasteiger partial charge is 1.00 e. The number of phosphoric acid groups is 5. The first-order valence-corrected chi connectivity index (χ1v) is 14.9. The third-order valence-corrected chi connectivity index (χ3v) is 10.4. The van der Waals surface area contributed by atoms with Gasteiger partial charge in [0.2, 0.25) is 5.79 Å². The monoisotopic (exact) mass is 620 g/mol. The van der Waals surface area contributed by atoms with E-state index >= 15 is 0 Å². The van der Waals surface area contributed by atoms with Gasteiger partial charge in [-0.15, -0.1) is 0 Å². The molecule has 1 fully saturated rings. The minimum Gasteiger partial charge on any atom is -1.00 e. The second-order valence-electron chi connectivity index (χ2n) is 5.90. The van der Waals surface area contributed by atoms with E-state index < -0.39 is 75.4 Å². The van der Waals surface area contributed by atoms with Crippen molar-refractivity contribution in [3.05, 3.63) is 0 Å². The van der Waals surface area contributed by atoms with Gasteiger partial charge in [0.1, 0.15) is 30.5 Å². The van der Waals surface area contributed by atoms with E-state index in [1.807, 2.05) is 0 Å². The molecule has 0 aromatic carbocycles. The van der Waals surface area contributed by atoms with Gasteiger partial charge in [-0.3, -0.25) is 0 Å². The molecule has 1 rings (SSSR count).